The number of carboxylic acids is 1. The Kier molecular flexibility index (Phi) is 25.8. The maximum atomic E-state index is 16.4. The van der Waals surface area contributed by atoms with E-state index in [1.54, 1.807) is 24.3 Å². The van der Waals surface area contributed by atoms with Crippen LogP contribution >= 0.6 is 0 Å². The van der Waals surface area contributed by atoms with Crippen LogP contribution in [0.2, 0.25) is 0 Å². The van der Waals surface area contributed by atoms with E-state index in [4.69, 9.17) is 66.3 Å². The van der Waals surface area contributed by atoms with Gasteiger partial charge in [0.05, 0.1) is 69.3 Å². The third-order valence-corrected chi connectivity index (χ3v) is 27.0. The molecule has 36 nitrogen and oxygen atoms in total. The van der Waals surface area contributed by atoms with Crippen molar-refractivity contribution in [1.29, 1.82) is 0 Å². The number of allylic oxidation sites excluding steroid dienone is 1. The predicted octanol–water partition coefficient (Wildman–Crippen LogP) is -4.41. The molecule has 0 aromatic heterocycles. The minimum absolute atomic E-state index is 0.0390. The van der Waals surface area contributed by atoms with Crippen molar-refractivity contribution in [2.24, 2.45) is 50.2 Å². The molecule has 11 aliphatic rings. The standard InChI is InChI=1S/C75H112O36/c1-30-57(107-62-52(90)47(85)40(28-99-62)105-64-53(91)48(86)44(82)37(25-76)102-64)51(89)56(94)63(100-30)109-60-59(108-65-54(92)49(87)45(83)38(26-77)103-65)58(106-43(81)16-11-32-9-12-33(98-8)13-10-32)31(2)101-67(60)111-69(97)74-20-19-70(3,4)23-35(74)34-14-15-41-71(5)24-36(80)61(110-66-55(93)50(88)46(84)39(27-78)104-66)73(7,68(95)96)42(71)17-18-72(41,6)75(34,29-79)22-21-74/h9-14,16,30-31,35-42,44-67,76-80,82-94H,15,17-29H2,1-8H3,(H,95,96). The summed E-state index contributed by atoms with van der Waals surface area (Å²) in [6.45, 7) is 8.77. The number of hydrogen-bond donors (Lipinski definition) is 19. The molecule has 12 rings (SSSR count). The van der Waals surface area contributed by atoms with Gasteiger partial charge in [0.2, 0.25) is 6.29 Å². The van der Waals surface area contributed by atoms with Gasteiger partial charge in [-0.25, -0.2) is 4.79 Å². The lowest BCUT2D eigenvalue weighted by atomic mass is 9.33. The first kappa shape index (κ1) is 86.1. The molecule has 1 aromatic rings. The fourth-order valence-corrected chi connectivity index (χ4v) is 20.5. The summed E-state index contributed by atoms with van der Waals surface area (Å²) >= 11 is 0. The second-order valence-electron chi connectivity index (χ2n) is 33.8. The number of esters is 2. The summed E-state index contributed by atoms with van der Waals surface area (Å²) in [7, 11) is 1.47. The lowest BCUT2D eigenvalue weighted by molar-refractivity contribution is -0.393. The molecule has 19 N–H and O–H groups in total. The summed E-state index contributed by atoms with van der Waals surface area (Å²) in [5, 5.41) is 211. The Balaban J connectivity index is 0.861. The number of aliphatic carboxylic acids is 1. The van der Waals surface area contributed by atoms with E-state index in [-0.39, 0.29) is 38.5 Å². The van der Waals surface area contributed by atoms with Gasteiger partial charge in [-0.3, -0.25) is 9.59 Å². The molecule has 0 radical (unpaired) electrons. The van der Waals surface area contributed by atoms with E-state index in [2.05, 4.69) is 20.8 Å². The van der Waals surface area contributed by atoms with Gasteiger partial charge in [0, 0.05) is 11.5 Å². The number of benzene rings is 1. The van der Waals surface area contributed by atoms with Gasteiger partial charge in [-0.05, 0) is 136 Å². The number of aliphatic hydroxyl groups is 18. The average molecular weight is 1590 g/mol. The van der Waals surface area contributed by atoms with Crippen LogP contribution in [-0.4, -0.2) is 345 Å². The Hall–Kier alpha value is -4.25. The van der Waals surface area contributed by atoms with Gasteiger partial charge in [0.25, 0.3) is 0 Å². The van der Waals surface area contributed by atoms with Crippen LogP contribution < -0.4 is 4.74 Å². The highest BCUT2D eigenvalue weighted by Gasteiger charge is 2.74. The summed E-state index contributed by atoms with van der Waals surface area (Å²) in [6.07, 6.45) is -49.5. The number of hydrogen-bond acceptors (Lipinski definition) is 35. The maximum Gasteiger partial charge on any atom is 0.331 e. The lowest BCUT2D eigenvalue weighted by Gasteiger charge is -2.71. The van der Waals surface area contributed by atoms with Gasteiger partial charge < -0.3 is 163 Å². The van der Waals surface area contributed by atoms with Crippen molar-refractivity contribution in [2.75, 3.05) is 40.1 Å². The van der Waals surface area contributed by atoms with Gasteiger partial charge in [0.1, 0.15) is 128 Å². The molecule has 36 heteroatoms. The van der Waals surface area contributed by atoms with Gasteiger partial charge in [0.15, 0.2) is 43.7 Å². The lowest BCUT2D eigenvalue weighted by Crippen LogP contribution is -2.71. The van der Waals surface area contributed by atoms with Crippen LogP contribution in [0.1, 0.15) is 112 Å². The van der Waals surface area contributed by atoms with E-state index in [1.165, 1.54) is 34.0 Å². The average Bonchev–Trinajstić information content (AvgIpc) is 0.668. The molecule has 111 heavy (non-hydrogen) atoms. The molecule has 10 fully saturated rings. The van der Waals surface area contributed by atoms with Crippen LogP contribution in [0.3, 0.4) is 0 Å². The Labute approximate surface area is 639 Å². The maximum absolute atomic E-state index is 16.4. The van der Waals surface area contributed by atoms with Gasteiger partial charge in [-0.2, -0.15) is 0 Å². The zero-order valence-electron chi connectivity index (χ0n) is 63.0. The van der Waals surface area contributed by atoms with Crippen LogP contribution in [0, 0.1) is 50.2 Å². The minimum Gasteiger partial charge on any atom is -0.497 e. The zero-order valence-corrected chi connectivity index (χ0v) is 63.0. The van der Waals surface area contributed by atoms with Crippen LogP contribution in [0.25, 0.3) is 6.08 Å². The summed E-state index contributed by atoms with van der Waals surface area (Å²) < 4.78 is 85.0. The van der Waals surface area contributed by atoms with Crippen LogP contribution in [0.15, 0.2) is 42.0 Å². The minimum atomic E-state index is -2.22. The molecule has 6 aliphatic heterocycles. The molecule has 6 heterocycles. The molecule has 0 amide bonds. The highest BCUT2D eigenvalue weighted by Crippen LogP contribution is 2.76. The molecule has 6 saturated heterocycles. The molecule has 0 spiro atoms. The monoisotopic (exact) mass is 1590 g/mol. The molecule has 4 saturated carbocycles. The number of ether oxygens (including phenoxy) is 14. The van der Waals surface area contributed by atoms with Crippen molar-refractivity contribution in [3.63, 3.8) is 0 Å². The third kappa shape index (κ3) is 15.3. The molecular formula is C75H112O36. The first-order chi connectivity index (χ1) is 52.3. The van der Waals surface area contributed by atoms with Gasteiger partial charge in [-0.15, -0.1) is 0 Å². The first-order valence-electron chi connectivity index (χ1n) is 38.1. The number of methoxy groups -OCH3 is 1. The van der Waals surface area contributed by atoms with E-state index < -0.39 is 292 Å². The second kappa shape index (κ2) is 33.3. The van der Waals surface area contributed by atoms with Crippen molar-refractivity contribution < 1.29 is 178 Å². The number of aliphatic hydroxyl groups excluding tert-OH is 18. The van der Waals surface area contributed by atoms with Crippen molar-refractivity contribution in [3.8, 4) is 5.75 Å². The van der Waals surface area contributed by atoms with Crippen LogP contribution in [0.5, 0.6) is 5.75 Å². The Bertz CT molecular complexity index is 3440. The number of fused-ring (bicyclic) bond motifs is 7. The SMILES string of the molecule is COc1ccc(C=CC(=O)OC2C(C)OC(OC(=O)C34CCC(C)(C)CC3C3=CCC5C6(C)CC(O)C(OC7OC(CO)C(O)C(O)C7O)C(C)(C(=O)O)C6CCC5(C)C3(CO)CC4)C(OC3OC(C)C(OC4OCC(OC5OC(CO)C(O)C(O)C5O)C(O)C4O)C(O)C3O)C2OC2OC(CO)C(O)C(O)C2O)cc1. The molecule has 0 bridgehead atoms. The van der Waals surface area contributed by atoms with E-state index >= 15 is 4.79 Å². The van der Waals surface area contributed by atoms with Crippen LogP contribution in [-0.2, 0) is 76.0 Å². The number of carbonyl (C=O) groups is 3. The summed E-state index contributed by atoms with van der Waals surface area (Å²) in [5.74, 6) is -4.60. The van der Waals surface area contributed by atoms with Crippen molar-refractivity contribution in [2.45, 2.75) is 297 Å². The quantitative estimate of drug-likeness (QED) is 0.0239. The van der Waals surface area contributed by atoms with Gasteiger partial charge >= 0.3 is 17.9 Å². The molecule has 628 valence electrons. The molecular weight excluding hydrogens is 1480 g/mol. The zero-order chi connectivity index (χ0) is 80.8. The fourth-order valence-electron chi connectivity index (χ4n) is 20.5. The number of carboxylic acid groups (broad SMARTS) is 1. The molecule has 5 aliphatic carbocycles. The van der Waals surface area contributed by atoms with Crippen LogP contribution in [0.4, 0.5) is 0 Å². The van der Waals surface area contributed by atoms with E-state index in [1.807, 2.05) is 13.0 Å². The predicted molar refractivity (Wildman–Crippen MR) is 370 cm³/mol. The Morgan fingerprint density at radius 3 is 1.60 bits per heavy atom. The van der Waals surface area contributed by atoms with Gasteiger partial charge in [-0.1, -0.05) is 51.5 Å². The van der Waals surface area contributed by atoms with Crippen molar-refractivity contribution in [1.82, 2.24) is 0 Å². The molecule has 39 atom stereocenters. The van der Waals surface area contributed by atoms with E-state index in [0.717, 1.165) is 11.6 Å². The smallest absolute Gasteiger partial charge is 0.331 e. The van der Waals surface area contributed by atoms with Crippen molar-refractivity contribution in [3.05, 3.63) is 47.6 Å². The van der Waals surface area contributed by atoms with E-state index in [9.17, 15) is 107 Å². The second-order valence-corrected chi connectivity index (χ2v) is 33.8. The first-order valence-corrected chi connectivity index (χ1v) is 38.1. The molecule has 1 aromatic carbocycles. The van der Waals surface area contributed by atoms with E-state index in [0.29, 0.717) is 30.6 Å². The highest BCUT2D eigenvalue weighted by molar-refractivity contribution is 5.87. The number of carbonyl (C=O) groups excluding carboxylic acids is 2. The Morgan fingerprint density at radius 2 is 1.04 bits per heavy atom. The topological polar surface area (TPSA) is 565 Å². The third-order valence-electron chi connectivity index (χ3n) is 27.0. The largest absolute Gasteiger partial charge is 0.497 e. The summed E-state index contributed by atoms with van der Waals surface area (Å²) in [6, 6.07) is 6.57. The van der Waals surface area contributed by atoms with Crippen molar-refractivity contribution >= 4 is 24.0 Å². The summed E-state index contributed by atoms with van der Waals surface area (Å²) in [5.41, 5.74) is -5.54. The fraction of sp³-hybridized carbons (Fsp3) is 0.827. The Morgan fingerprint density at radius 1 is 0.523 bits per heavy atom. The normalized spacial score (nSPS) is 49.9. The molecule has 39 unspecified atom stereocenters. The highest BCUT2D eigenvalue weighted by atomic mass is 16.8. The summed E-state index contributed by atoms with van der Waals surface area (Å²) in [4.78, 5) is 44.7. The number of rotatable bonds is 21.